The molecular weight excluding hydrogens is 244 g/mol. The van der Waals surface area contributed by atoms with Crippen LogP contribution in [0.5, 0.6) is 0 Å². The average Bonchev–Trinajstić information content (AvgIpc) is 2.80. The quantitative estimate of drug-likeness (QED) is 0.777. The summed E-state index contributed by atoms with van der Waals surface area (Å²) in [5.41, 5.74) is 2.40. The maximum absolute atomic E-state index is 10.9. The Hall–Kier alpha value is -2.69. The van der Waals surface area contributed by atoms with Crippen LogP contribution in [0.4, 0.5) is 0 Å². The van der Waals surface area contributed by atoms with Crippen molar-refractivity contribution in [2.75, 3.05) is 0 Å². The van der Waals surface area contributed by atoms with Crippen molar-refractivity contribution in [2.45, 2.75) is 6.42 Å². The van der Waals surface area contributed by atoms with E-state index in [9.17, 15) is 4.79 Å². The number of oxazole rings is 1. The minimum Gasteiger partial charge on any atom is -0.478 e. The van der Waals surface area contributed by atoms with Crippen LogP contribution in [0.25, 0.3) is 11.1 Å². The molecule has 3 rings (SSSR count). The summed E-state index contributed by atoms with van der Waals surface area (Å²) in [6.45, 7) is 0. The molecule has 0 radical (unpaired) electrons. The van der Waals surface area contributed by atoms with E-state index in [1.807, 2.05) is 12.1 Å². The maximum Gasteiger partial charge on any atom is 0.335 e. The predicted molar refractivity (Wildman–Crippen MR) is 68.0 cm³/mol. The van der Waals surface area contributed by atoms with Crippen molar-refractivity contribution in [2.24, 2.45) is 0 Å². The van der Waals surface area contributed by atoms with E-state index in [0.29, 0.717) is 23.4 Å². The lowest BCUT2D eigenvalue weighted by molar-refractivity contribution is 0.0697. The monoisotopic (exact) mass is 254 g/mol. The highest BCUT2D eigenvalue weighted by Crippen LogP contribution is 2.19. The molecule has 1 N–H and O–H groups in total. The van der Waals surface area contributed by atoms with E-state index in [1.165, 1.54) is 12.1 Å². The van der Waals surface area contributed by atoms with Crippen molar-refractivity contribution >= 4 is 17.1 Å². The smallest absolute Gasteiger partial charge is 0.335 e. The lowest BCUT2D eigenvalue weighted by atomic mass is 10.2. The Morgan fingerprint density at radius 2 is 2.00 bits per heavy atom. The zero-order chi connectivity index (χ0) is 13.2. The van der Waals surface area contributed by atoms with E-state index < -0.39 is 5.97 Å². The van der Waals surface area contributed by atoms with E-state index in [0.717, 1.165) is 5.56 Å². The molecule has 0 aliphatic rings. The predicted octanol–water partition coefficient (Wildman–Crippen LogP) is 2.51. The molecule has 94 valence electrons. The fourth-order valence-electron chi connectivity index (χ4n) is 1.86. The van der Waals surface area contributed by atoms with Crippen LogP contribution in [0.15, 0.2) is 47.1 Å². The van der Waals surface area contributed by atoms with Gasteiger partial charge in [-0.05, 0) is 35.9 Å². The summed E-state index contributed by atoms with van der Waals surface area (Å²) >= 11 is 0. The van der Waals surface area contributed by atoms with Crippen LogP contribution < -0.4 is 0 Å². The number of hydrogen-bond acceptors (Lipinski definition) is 4. The first kappa shape index (κ1) is 11.4. The number of aromatic nitrogens is 2. The zero-order valence-electron chi connectivity index (χ0n) is 9.91. The largest absolute Gasteiger partial charge is 0.478 e. The van der Waals surface area contributed by atoms with Crippen LogP contribution in [0, 0.1) is 0 Å². The molecule has 2 heterocycles. The Labute approximate surface area is 108 Å². The summed E-state index contributed by atoms with van der Waals surface area (Å²) in [5, 5.41) is 8.92. The summed E-state index contributed by atoms with van der Waals surface area (Å²) < 4.78 is 5.58. The van der Waals surface area contributed by atoms with Gasteiger partial charge in [-0.25, -0.2) is 9.78 Å². The van der Waals surface area contributed by atoms with Crippen LogP contribution in [-0.4, -0.2) is 21.0 Å². The maximum atomic E-state index is 10.9. The van der Waals surface area contributed by atoms with Crippen molar-refractivity contribution in [1.82, 2.24) is 9.97 Å². The number of nitrogens with zero attached hydrogens (tertiary/aromatic N) is 2. The molecule has 0 spiro atoms. The number of carboxylic acid groups (broad SMARTS) is 1. The van der Waals surface area contributed by atoms with Gasteiger partial charge in [0, 0.05) is 18.8 Å². The number of fused-ring (bicyclic) bond motifs is 1. The average molecular weight is 254 g/mol. The minimum atomic E-state index is -0.972. The van der Waals surface area contributed by atoms with Gasteiger partial charge in [0.2, 0.25) is 0 Å². The normalized spacial score (nSPS) is 10.7. The van der Waals surface area contributed by atoms with Crippen LogP contribution in [0.2, 0.25) is 0 Å². The molecule has 0 fully saturated rings. The molecule has 5 nitrogen and oxygen atoms in total. The number of carboxylic acids is 1. The molecule has 2 aromatic heterocycles. The second kappa shape index (κ2) is 4.53. The summed E-state index contributed by atoms with van der Waals surface area (Å²) in [6.07, 6.45) is 3.97. The van der Waals surface area contributed by atoms with Crippen molar-refractivity contribution in [3.05, 3.63) is 59.7 Å². The minimum absolute atomic E-state index is 0.205. The van der Waals surface area contributed by atoms with Gasteiger partial charge in [0.1, 0.15) is 5.52 Å². The molecule has 0 atom stereocenters. The number of rotatable bonds is 3. The first-order valence-corrected chi connectivity index (χ1v) is 5.74. The SMILES string of the molecule is O=C(O)c1ccc2oc(Cc3ccncc3)nc2c1. The van der Waals surface area contributed by atoms with Crippen LogP contribution >= 0.6 is 0 Å². The molecule has 3 aromatic rings. The second-order valence-corrected chi connectivity index (χ2v) is 4.13. The van der Waals surface area contributed by atoms with Gasteiger partial charge in [-0.1, -0.05) is 0 Å². The van der Waals surface area contributed by atoms with E-state index in [2.05, 4.69) is 9.97 Å². The first-order chi connectivity index (χ1) is 9.22. The molecule has 19 heavy (non-hydrogen) atoms. The first-order valence-electron chi connectivity index (χ1n) is 5.74. The van der Waals surface area contributed by atoms with Gasteiger partial charge >= 0.3 is 5.97 Å². The lowest BCUT2D eigenvalue weighted by Gasteiger charge is -1.94. The third kappa shape index (κ3) is 2.30. The fourth-order valence-corrected chi connectivity index (χ4v) is 1.86. The summed E-state index contributed by atoms with van der Waals surface area (Å²) in [4.78, 5) is 19.1. The number of aromatic carboxylic acids is 1. The molecule has 0 unspecified atom stereocenters. The molecular formula is C14H10N2O3. The van der Waals surface area contributed by atoms with Crippen molar-refractivity contribution in [1.29, 1.82) is 0 Å². The van der Waals surface area contributed by atoms with Crippen LogP contribution in [0.1, 0.15) is 21.8 Å². The van der Waals surface area contributed by atoms with E-state index in [4.69, 9.17) is 9.52 Å². The number of pyridine rings is 1. The highest BCUT2D eigenvalue weighted by atomic mass is 16.4. The molecule has 0 aliphatic heterocycles. The Balaban J connectivity index is 1.95. The standard InChI is InChI=1S/C14H10N2O3/c17-14(18)10-1-2-12-11(8-10)16-13(19-12)7-9-3-5-15-6-4-9/h1-6,8H,7H2,(H,17,18). The molecule has 1 aromatic carbocycles. The topological polar surface area (TPSA) is 76.2 Å². The van der Waals surface area contributed by atoms with Gasteiger partial charge in [-0.3, -0.25) is 4.98 Å². The van der Waals surface area contributed by atoms with Gasteiger partial charge in [0.15, 0.2) is 11.5 Å². The van der Waals surface area contributed by atoms with Gasteiger partial charge in [0.05, 0.1) is 5.56 Å². The highest BCUT2D eigenvalue weighted by Gasteiger charge is 2.10. The third-order valence-corrected chi connectivity index (χ3v) is 2.78. The van der Waals surface area contributed by atoms with E-state index in [1.54, 1.807) is 18.5 Å². The molecule has 0 amide bonds. The van der Waals surface area contributed by atoms with Gasteiger partial charge < -0.3 is 9.52 Å². The number of hydrogen-bond donors (Lipinski definition) is 1. The zero-order valence-corrected chi connectivity index (χ0v) is 9.91. The molecule has 5 heteroatoms. The second-order valence-electron chi connectivity index (χ2n) is 4.13. The van der Waals surface area contributed by atoms with Gasteiger partial charge in [-0.15, -0.1) is 0 Å². The fraction of sp³-hybridized carbons (Fsp3) is 0.0714. The number of benzene rings is 1. The highest BCUT2D eigenvalue weighted by molar-refractivity contribution is 5.91. The Kier molecular flexibility index (Phi) is 2.72. The van der Waals surface area contributed by atoms with Crippen molar-refractivity contribution < 1.29 is 14.3 Å². The molecule has 0 aliphatic carbocycles. The summed E-state index contributed by atoms with van der Waals surface area (Å²) in [5.74, 6) is -0.413. The Bertz CT molecular complexity index is 735. The molecule has 0 bridgehead atoms. The molecule has 0 saturated carbocycles. The van der Waals surface area contributed by atoms with E-state index >= 15 is 0 Å². The van der Waals surface area contributed by atoms with Crippen molar-refractivity contribution in [3.8, 4) is 0 Å². The Morgan fingerprint density at radius 1 is 1.21 bits per heavy atom. The third-order valence-electron chi connectivity index (χ3n) is 2.78. The van der Waals surface area contributed by atoms with Gasteiger partial charge in [-0.2, -0.15) is 0 Å². The van der Waals surface area contributed by atoms with Crippen LogP contribution in [0.3, 0.4) is 0 Å². The summed E-state index contributed by atoms with van der Waals surface area (Å²) in [6, 6.07) is 8.42. The number of carbonyl (C=O) groups is 1. The van der Waals surface area contributed by atoms with Crippen LogP contribution in [-0.2, 0) is 6.42 Å². The molecule has 0 saturated heterocycles. The lowest BCUT2D eigenvalue weighted by Crippen LogP contribution is -1.94. The van der Waals surface area contributed by atoms with Crippen molar-refractivity contribution in [3.63, 3.8) is 0 Å². The Morgan fingerprint density at radius 3 is 2.74 bits per heavy atom. The van der Waals surface area contributed by atoms with E-state index in [-0.39, 0.29) is 5.56 Å². The van der Waals surface area contributed by atoms with Gasteiger partial charge in [0.25, 0.3) is 0 Å². The summed E-state index contributed by atoms with van der Waals surface area (Å²) in [7, 11) is 0.